The van der Waals surface area contributed by atoms with Crippen molar-refractivity contribution < 1.29 is 27.9 Å². The summed E-state index contributed by atoms with van der Waals surface area (Å²) < 4.78 is 32.0. The fourth-order valence-corrected chi connectivity index (χ4v) is 5.05. The molecule has 0 saturated carbocycles. The normalized spacial score (nSPS) is 11.9. The monoisotopic (exact) mass is 476 g/mol. The number of fused-ring (bicyclic) bond motifs is 1. The number of hydrogen-bond donors (Lipinski definition) is 2. The van der Waals surface area contributed by atoms with Crippen molar-refractivity contribution in [1.82, 2.24) is 0 Å². The van der Waals surface area contributed by atoms with Crippen LogP contribution in [0.4, 0.5) is 5.69 Å². The first-order chi connectivity index (χ1) is 16.2. The summed E-state index contributed by atoms with van der Waals surface area (Å²) in [7, 11) is -4.32. The highest BCUT2D eigenvalue weighted by Crippen LogP contribution is 2.38. The van der Waals surface area contributed by atoms with E-state index in [1.54, 1.807) is 31.2 Å². The van der Waals surface area contributed by atoms with Crippen LogP contribution in [0.1, 0.15) is 18.1 Å². The summed E-state index contributed by atoms with van der Waals surface area (Å²) in [6, 6.07) is 19.5. The number of rotatable bonds is 6. The van der Waals surface area contributed by atoms with Crippen molar-refractivity contribution in [3.63, 3.8) is 0 Å². The first kappa shape index (κ1) is 23.0. The number of benzene rings is 4. The Bertz CT molecular complexity index is 1460. The quantitative estimate of drug-likeness (QED) is 0.308. The van der Waals surface area contributed by atoms with Gasteiger partial charge < -0.3 is 15.3 Å². The summed E-state index contributed by atoms with van der Waals surface area (Å²) >= 11 is 0. The summed E-state index contributed by atoms with van der Waals surface area (Å²) in [5, 5.41) is 41.0. The summed E-state index contributed by atoms with van der Waals surface area (Å²) in [5.41, 5.74) is 0.196. The Morgan fingerprint density at radius 2 is 1.44 bits per heavy atom. The van der Waals surface area contributed by atoms with E-state index < -0.39 is 21.3 Å². The second kappa shape index (κ2) is 8.67. The van der Waals surface area contributed by atoms with E-state index in [9.17, 15) is 23.7 Å². The van der Waals surface area contributed by atoms with Gasteiger partial charge in [-0.15, -0.1) is 0 Å². The van der Waals surface area contributed by atoms with Crippen LogP contribution >= 0.6 is 0 Å². The maximum absolute atomic E-state index is 13.3. The van der Waals surface area contributed by atoms with Crippen LogP contribution in [0, 0.1) is 5.39 Å². The van der Waals surface area contributed by atoms with Gasteiger partial charge in [-0.3, -0.25) is 4.18 Å². The third kappa shape index (κ3) is 4.12. The minimum Gasteiger partial charge on any atom is -0.867 e. The highest BCUT2D eigenvalue weighted by atomic mass is 32.2. The lowest BCUT2D eigenvalue weighted by Gasteiger charge is -2.30. The van der Waals surface area contributed by atoms with Gasteiger partial charge >= 0.3 is 5.69 Å². The molecule has 0 saturated heterocycles. The van der Waals surface area contributed by atoms with E-state index in [4.69, 9.17) is 9.58 Å². The molecule has 0 unspecified atom stereocenters. The second-order valence-electron chi connectivity index (χ2n) is 8.01. The summed E-state index contributed by atoms with van der Waals surface area (Å²) in [6.45, 7) is 1.49. The van der Waals surface area contributed by atoms with Crippen LogP contribution < -0.4 is 5.11 Å². The maximum Gasteiger partial charge on any atom is 0.378 e. The van der Waals surface area contributed by atoms with E-state index in [0.29, 0.717) is 11.1 Å². The van der Waals surface area contributed by atoms with Gasteiger partial charge in [-0.05, 0) is 65.6 Å². The Balaban J connectivity index is 1.76. The molecule has 0 aliphatic carbocycles. The predicted molar refractivity (Wildman–Crippen MR) is 124 cm³/mol. The van der Waals surface area contributed by atoms with Gasteiger partial charge in [0.25, 0.3) is 10.1 Å². The number of phenols is 2. The van der Waals surface area contributed by atoms with Crippen molar-refractivity contribution in [2.24, 2.45) is 0 Å². The molecule has 4 aromatic carbocycles. The molecule has 0 aromatic heterocycles. The van der Waals surface area contributed by atoms with Crippen molar-refractivity contribution in [2.45, 2.75) is 17.2 Å². The molecule has 0 fully saturated rings. The first-order valence-corrected chi connectivity index (χ1v) is 11.6. The van der Waals surface area contributed by atoms with Gasteiger partial charge in [-0.25, -0.2) is 0 Å². The summed E-state index contributed by atoms with van der Waals surface area (Å²) in [5.74, 6) is -0.484. The van der Waals surface area contributed by atoms with Crippen molar-refractivity contribution in [3.05, 3.63) is 95.0 Å². The standard InChI is InChI=1S/C25H20N2O6S/c1-25(16-5-9-18(28)10-6-16,17-7-11-19(29)12-8-17)15-33-34(31,32)23-4-2-3-21-20(23)13-14-22(27-26)24(21)30/h2-14H,15H2,1H3,(H2-,28,29,30). The zero-order valence-corrected chi connectivity index (χ0v) is 18.9. The lowest BCUT2D eigenvalue weighted by atomic mass is 9.77. The molecular formula is C25H20N2O6S. The summed E-state index contributed by atoms with van der Waals surface area (Å²) in [4.78, 5) is 2.74. The molecule has 0 spiro atoms. The van der Waals surface area contributed by atoms with Gasteiger partial charge in [0.05, 0.1) is 6.61 Å². The molecule has 34 heavy (non-hydrogen) atoms. The Morgan fingerprint density at radius 3 is 1.97 bits per heavy atom. The minimum absolute atomic E-state index is 0.0588. The molecule has 172 valence electrons. The third-order valence-corrected chi connectivity index (χ3v) is 7.16. The molecule has 0 radical (unpaired) electrons. The average Bonchev–Trinajstić information content (AvgIpc) is 2.83. The molecule has 2 N–H and O–H groups in total. The Labute approximate surface area is 196 Å². The van der Waals surface area contributed by atoms with E-state index in [2.05, 4.69) is 4.98 Å². The third-order valence-electron chi connectivity index (χ3n) is 5.84. The molecule has 9 heteroatoms. The van der Waals surface area contributed by atoms with Crippen LogP contribution in [0.5, 0.6) is 17.2 Å². The van der Waals surface area contributed by atoms with Crippen molar-refractivity contribution in [2.75, 3.05) is 6.61 Å². The first-order valence-electron chi connectivity index (χ1n) is 10.2. The van der Waals surface area contributed by atoms with Gasteiger partial charge in [-0.1, -0.05) is 36.4 Å². The van der Waals surface area contributed by atoms with Gasteiger partial charge in [-0.2, -0.15) is 8.42 Å². The van der Waals surface area contributed by atoms with Gasteiger partial charge in [0.1, 0.15) is 16.4 Å². The fraction of sp³-hybridized carbons (Fsp3) is 0.120. The molecular weight excluding hydrogens is 456 g/mol. The van der Waals surface area contributed by atoms with Crippen LogP contribution in [0.25, 0.3) is 15.7 Å². The number of nitrogens with zero attached hydrogens (tertiary/aromatic N) is 2. The highest BCUT2D eigenvalue weighted by molar-refractivity contribution is 7.87. The minimum atomic E-state index is -4.32. The van der Waals surface area contributed by atoms with Crippen LogP contribution in [-0.4, -0.2) is 25.2 Å². The molecule has 0 bridgehead atoms. The van der Waals surface area contributed by atoms with E-state index in [1.165, 1.54) is 54.6 Å². The molecule has 0 aliphatic heterocycles. The second-order valence-corrected chi connectivity index (χ2v) is 9.59. The number of hydrogen-bond acceptors (Lipinski definition) is 7. The topological polar surface area (TPSA) is 135 Å². The number of diazo groups is 1. The molecule has 8 nitrogen and oxygen atoms in total. The Hall–Kier alpha value is -4.13. The van der Waals surface area contributed by atoms with Gasteiger partial charge in [0.2, 0.25) is 5.39 Å². The number of phenolic OH excluding ortho intramolecular Hbond substituents is 2. The molecule has 4 aromatic rings. The zero-order chi connectivity index (χ0) is 24.5. The van der Waals surface area contributed by atoms with E-state index in [0.717, 1.165) is 0 Å². The largest absolute Gasteiger partial charge is 0.867 e. The SMILES string of the molecule is CC(COS(=O)(=O)c1cccc2c([O-])c([N+]#N)ccc12)(c1ccc(O)cc1)c1ccc(O)cc1. The lowest BCUT2D eigenvalue weighted by molar-refractivity contribution is -0.264. The molecule has 4 rings (SSSR count). The molecule has 0 amide bonds. The van der Waals surface area contributed by atoms with Crippen molar-refractivity contribution in [1.29, 1.82) is 5.39 Å². The maximum atomic E-state index is 13.3. The van der Waals surface area contributed by atoms with Crippen LogP contribution in [0.3, 0.4) is 0 Å². The van der Waals surface area contributed by atoms with Crippen LogP contribution in [-0.2, 0) is 19.7 Å². The highest BCUT2D eigenvalue weighted by Gasteiger charge is 2.33. The van der Waals surface area contributed by atoms with Gasteiger partial charge in [0.15, 0.2) is 4.98 Å². The van der Waals surface area contributed by atoms with E-state index in [-0.39, 0.29) is 39.5 Å². The van der Waals surface area contributed by atoms with Crippen LogP contribution in [0.2, 0.25) is 0 Å². The van der Waals surface area contributed by atoms with Crippen molar-refractivity contribution >= 4 is 26.6 Å². The zero-order valence-electron chi connectivity index (χ0n) is 18.0. The Kier molecular flexibility index (Phi) is 5.87. The summed E-state index contributed by atoms with van der Waals surface area (Å²) in [6.07, 6.45) is 0. The Morgan fingerprint density at radius 1 is 0.882 bits per heavy atom. The smallest absolute Gasteiger partial charge is 0.378 e. The van der Waals surface area contributed by atoms with Gasteiger partial charge in [0, 0.05) is 16.9 Å². The average molecular weight is 477 g/mol. The van der Waals surface area contributed by atoms with Crippen molar-refractivity contribution in [3.8, 4) is 17.2 Å². The van der Waals surface area contributed by atoms with Crippen LogP contribution in [0.15, 0.2) is 83.8 Å². The molecule has 0 atom stereocenters. The fourth-order valence-electron chi connectivity index (χ4n) is 3.84. The van der Waals surface area contributed by atoms with E-state index in [1.807, 2.05) is 0 Å². The molecule has 0 aliphatic rings. The predicted octanol–water partition coefficient (Wildman–Crippen LogP) is 4.52. The lowest BCUT2D eigenvalue weighted by Crippen LogP contribution is -2.31. The molecule has 0 heterocycles. The number of aromatic hydroxyl groups is 2. The van der Waals surface area contributed by atoms with E-state index >= 15 is 0 Å².